The summed E-state index contributed by atoms with van der Waals surface area (Å²) in [5.41, 5.74) is 1.04. The number of para-hydroxylation sites is 2. The molecule has 2 aromatic carbocycles. The van der Waals surface area contributed by atoms with E-state index >= 15 is 0 Å². The number of rotatable bonds is 1. The molecule has 0 saturated heterocycles. The Bertz CT molecular complexity index is 1500. The maximum atomic E-state index is 13.7. The lowest BCUT2D eigenvalue weighted by Gasteiger charge is -2.45. The molecule has 4 heterocycles. The van der Waals surface area contributed by atoms with Crippen LogP contribution in [0.1, 0.15) is 31.0 Å². The molecule has 3 aromatic rings. The van der Waals surface area contributed by atoms with Crippen LogP contribution in [0, 0.1) is 5.92 Å². The van der Waals surface area contributed by atoms with Gasteiger partial charge in [0.15, 0.2) is 4.80 Å². The van der Waals surface area contributed by atoms with Crippen LogP contribution >= 0.6 is 11.3 Å². The van der Waals surface area contributed by atoms with Crippen LogP contribution in [0.25, 0.3) is 5.57 Å². The Morgan fingerprint density at radius 1 is 1.16 bits per heavy atom. The summed E-state index contributed by atoms with van der Waals surface area (Å²) in [6.45, 7) is 3.28. The number of Topliss-reactive ketones (excluding diaryl/α,β-unsaturated/α-hetero) is 1. The second-order valence-corrected chi connectivity index (χ2v) is 9.08. The van der Waals surface area contributed by atoms with E-state index in [9.17, 15) is 14.4 Å². The summed E-state index contributed by atoms with van der Waals surface area (Å²) in [5.74, 6) is -0.456. The number of carbonyl (C=O) groups excluding carboxylic acids is 2. The van der Waals surface area contributed by atoms with Crippen molar-refractivity contribution >= 4 is 34.3 Å². The van der Waals surface area contributed by atoms with Gasteiger partial charge >= 0.3 is 0 Å². The second kappa shape index (κ2) is 6.01. The number of hydrogen-bond acceptors (Lipinski definition) is 6. The number of amides is 1. The molecule has 6 rings (SSSR count). The van der Waals surface area contributed by atoms with Gasteiger partial charge in [-0.1, -0.05) is 47.7 Å². The molecule has 8 heteroatoms. The van der Waals surface area contributed by atoms with Crippen molar-refractivity contribution in [1.82, 2.24) is 4.57 Å². The summed E-state index contributed by atoms with van der Waals surface area (Å²) in [4.78, 5) is 44.3. The summed E-state index contributed by atoms with van der Waals surface area (Å²) in [5, 5.41) is 2.82. The van der Waals surface area contributed by atoms with E-state index in [-0.39, 0.29) is 17.2 Å². The third kappa shape index (κ3) is 2.33. The Morgan fingerprint density at radius 3 is 2.71 bits per heavy atom. The van der Waals surface area contributed by atoms with Crippen LogP contribution in [0.2, 0.25) is 0 Å². The predicted octanol–water partition coefficient (Wildman–Crippen LogP) is 1.60. The molecular formula is C23H17N3O4S. The number of nitrogens with zero attached hydrogens (tertiary/aromatic N) is 2. The molecule has 2 bridgehead atoms. The molecule has 1 aromatic heterocycles. The van der Waals surface area contributed by atoms with Crippen LogP contribution < -0.4 is 24.9 Å². The molecule has 3 aliphatic heterocycles. The fraction of sp³-hybridized carbons (Fsp3) is 0.217. The van der Waals surface area contributed by atoms with Crippen molar-refractivity contribution in [3.63, 3.8) is 0 Å². The summed E-state index contributed by atoms with van der Waals surface area (Å²) < 4.78 is 8.07. The molecule has 3 atom stereocenters. The molecule has 1 amide bonds. The Kier molecular flexibility index (Phi) is 3.54. The Hall–Kier alpha value is -3.52. The van der Waals surface area contributed by atoms with Crippen molar-refractivity contribution in [2.24, 2.45) is 10.9 Å². The Morgan fingerprint density at radius 2 is 1.90 bits per heavy atom. The first-order chi connectivity index (χ1) is 14.9. The van der Waals surface area contributed by atoms with E-state index in [2.05, 4.69) is 5.32 Å². The average Bonchev–Trinajstić information content (AvgIpc) is 3.21. The van der Waals surface area contributed by atoms with E-state index in [1.165, 1.54) is 6.92 Å². The van der Waals surface area contributed by atoms with Gasteiger partial charge in [-0.05, 0) is 26.0 Å². The molecule has 0 aliphatic carbocycles. The van der Waals surface area contributed by atoms with Crippen molar-refractivity contribution < 1.29 is 14.3 Å². The lowest BCUT2D eigenvalue weighted by molar-refractivity contribution is -0.132. The maximum absolute atomic E-state index is 13.7. The van der Waals surface area contributed by atoms with E-state index < -0.39 is 17.7 Å². The first-order valence-electron chi connectivity index (χ1n) is 9.94. The molecule has 7 nitrogen and oxygen atoms in total. The number of nitrogens with one attached hydrogen (secondary N) is 1. The quantitative estimate of drug-likeness (QED) is 0.634. The van der Waals surface area contributed by atoms with Crippen molar-refractivity contribution in [3.05, 3.63) is 79.3 Å². The zero-order valence-corrected chi connectivity index (χ0v) is 17.5. The topological polar surface area (TPSA) is 89.8 Å². The van der Waals surface area contributed by atoms with Crippen LogP contribution in [-0.2, 0) is 9.59 Å². The van der Waals surface area contributed by atoms with E-state index in [0.29, 0.717) is 31.9 Å². The number of ketones is 1. The van der Waals surface area contributed by atoms with E-state index in [1.54, 1.807) is 17.6 Å². The first kappa shape index (κ1) is 18.3. The van der Waals surface area contributed by atoms with Gasteiger partial charge in [-0.2, -0.15) is 0 Å². The normalized spacial score (nSPS) is 26.7. The number of carbonyl (C=O) groups is 2. The third-order valence-electron chi connectivity index (χ3n) is 6.19. The van der Waals surface area contributed by atoms with Gasteiger partial charge in [0.1, 0.15) is 22.0 Å². The smallest absolute Gasteiger partial charge is 0.271 e. The second-order valence-electron chi connectivity index (χ2n) is 8.10. The van der Waals surface area contributed by atoms with Gasteiger partial charge in [-0.25, -0.2) is 4.99 Å². The van der Waals surface area contributed by atoms with Crippen molar-refractivity contribution in [2.75, 3.05) is 5.32 Å². The summed E-state index contributed by atoms with van der Waals surface area (Å²) in [7, 11) is 0. The Labute approximate surface area is 180 Å². The highest BCUT2D eigenvalue weighted by molar-refractivity contribution is 7.07. The average molecular weight is 431 g/mol. The standard InChI is InChI=1S/C23H17N3O4S/c1-11(27)17-18-13-8-4-6-10-15(13)30-23(17,2)25-22-26(18)21(29)19(31-22)16-12-7-3-5-9-14(12)24-20(16)28/h3-10,17-18H,1-2H3,(H,24,28)/b19-16-/t17-,18+,23+/m0/s1. The molecule has 0 fully saturated rings. The van der Waals surface area contributed by atoms with E-state index in [1.807, 2.05) is 42.5 Å². The molecule has 1 N–H and O–H groups in total. The van der Waals surface area contributed by atoms with Crippen LogP contribution in [0.4, 0.5) is 5.69 Å². The number of ether oxygens (including phenoxy) is 1. The van der Waals surface area contributed by atoms with Gasteiger partial charge in [0.2, 0.25) is 5.72 Å². The first-order valence-corrected chi connectivity index (χ1v) is 10.8. The summed E-state index contributed by atoms with van der Waals surface area (Å²) >= 11 is 1.16. The molecular weight excluding hydrogens is 414 g/mol. The van der Waals surface area contributed by atoms with Crippen molar-refractivity contribution in [3.8, 4) is 5.75 Å². The minimum Gasteiger partial charge on any atom is -0.465 e. The zero-order valence-electron chi connectivity index (χ0n) is 16.7. The van der Waals surface area contributed by atoms with Gasteiger partial charge in [0.25, 0.3) is 11.5 Å². The zero-order chi connectivity index (χ0) is 21.5. The van der Waals surface area contributed by atoms with Crippen LogP contribution in [0.5, 0.6) is 5.75 Å². The lowest BCUT2D eigenvalue weighted by Crippen LogP contribution is -2.58. The highest BCUT2D eigenvalue weighted by Gasteiger charge is 2.53. The highest BCUT2D eigenvalue weighted by atomic mass is 32.1. The van der Waals surface area contributed by atoms with Gasteiger partial charge in [-0.15, -0.1) is 0 Å². The summed E-state index contributed by atoms with van der Waals surface area (Å²) in [6, 6.07) is 14.2. The van der Waals surface area contributed by atoms with Gasteiger partial charge in [0, 0.05) is 16.8 Å². The van der Waals surface area contributed by atoms with Crippen LogP contribution in [0.3, 0.4) is 0 Å². The van der Waals surface area contributed by atoms with Crippen molar-refractivity contribution in [1.29, 1.82) is 0 Å². The molecule has 0 unspecified atom stereocenters. The number of benzene rings is 2. The largest absolute Gasteiger partial charge is 0.465 e. The van der Waals surface area contributed by atoms with Gasteiger partial charge in [0.05, 0.1) is 11.6 Å². The number of aromatic nitrogens is 1. The number of thiazole rings is 1. The predicted molar refractivity (Wildman–Crippen MR) is 115 cm³/mol. The molecule has 0 saturated carbocycles. The van der Waals surface area contributed by atoms with E-state index in [0.717, 1.165) is 16.9 Å². The third-order valence-corrected chi connectivity index (χ3v) is 7.25. The molecule has 31 heavy (non-hydrogen) atoms. The molecule has 154 valence electrons. The monoisotopic (exact) mass is 431 g/mol. The lowest BCUT2D eigenvalue weighted by atomic mass is 9.79. The minimum absolute atomic E-state index is 0.104. The van der Waals surface area contributed by atoms with Gasteiger partial charge < -0.3 is 10.1 Å². The SMILES string of the molecule is CC(=O)[C@H]1[C@H]2c3ccccc3O[C@@]1(C)N=c1s/c(=C3\C(=O)Nc4ccccc43)c(=O)n12. The van der Waals surface area contributed by atoms with E-state index in [4.69, 9.17) is 9.73 Å². The van der Waals surface area contributed by atoms with Crippen molar-refractivity contribution in [2.45, 2.75) is 25.6 Å². The maximum Gasteiger partial charge on any atom is 0.271 e. The minimum atomic E-state index is -1.13. The number of anilines is 1. The van der Waals surface area contributed by atoms with Crippen LogP contribution in [0.15, 0.2) is 58.3 Å². The molecule has 0 spiro atoms. The Balaban J connectivity index is 1.73. The fourth-order valence-electron chi connectivity index (χ4n) is 4.95. The molecule has 3 aliphatic rings. The number of hydrogen-bond donors (Lipinski definition) is 1. The highest BCUT2D eigenvalue weighted by Crippen LogP contribution is 2.47. The fourth-order valence-corrected chi connectivity index (χ4v) is 6.14. The number of fused-ring (bicyclic) bond motifs is 7. The van der Waals surface area contributed by atoms with Gasteiger partial charge in [-0.3, -0.25) is 19.0 Å². The molecule has 0 radical (unpaired) electrons. The summed E-state index contributed by atoms with van der Waals surface area (Å²) in [6.07, 6.45) is 0. The van der Waals surface area contributed by atoms with Crippen LogP contribution in [-0.4, -0.2) is 22.0 Å².